The van der Waals surface area contributed by atoms with E-state index in [1.807, 2.05) is 0 Å². The average molecular weight is 212 g/mol. The highest BCUT2D eigenvalue weighted by molar-refractivity contribution is 5.79. The fourth-order valence-electron chi connectivity index (χ4n) is 2.88. The third kappa shape index (κ3) is 3.30. The first kappa shape index (κ1) is 12.7. The highest BCUT2D eigenvalue weighted by Crippen LogP contribution is 2.37. The van der Waals surface area contributed by atoms with Crippen LogP contribution in [0, 0.1) is 5.92 Å². The van der Waals surface area contributed by atoms with Gasteiger partial charge in [-0.15, -0.1) is 0 Å². The summed E-state index contributed by atoms with van der Waals surface area (Å²) in [5.41, 5.74) is -0.496. The molecule has 1 saturated carbocycles. The molecule has 0 amide bonds. The number of Topliss-reactive ketones (excluding diaryl/α,β-unsaturated/α-hetero) is 1. The number of hydrogen-bond donors (Lipinski definition) is 1. The number of ketones is 1. The summed E-state index contributed by atoms with van der Waals surface area (Å²) >= 11 is 0. The Hall–Kier alpha value is -0.370. The lowest BCUT2D eigenvalue weighted by atomic mass is 9.72. The van der Waals surface area contributed by atoms with Gasteiger partial charge >= 0.3 is 0 Å². The van der Waals surface area contributed by atoms with E-state index in [4.69, 9.17) is 0 Å². The number of carbonyl (C=O) groups is 1. The Morgan fingerprint density at radius 1 is 1.20 bits per heavy atom. The van der Waals surface area contributed by atoms with Crippen LogP contribution in [0.4, 0.5) is 0 Å². The quantitative estimate of drug-likeness (QED) is 0.760. The molecule has 0 aromatic rings. The SMILES string of the molecule is CCCC(O)(CCC)C1CCC(=O)CC1. The van der Waals surface area contributed by atoms with E-state index in [1.54, 1.807) is 0 Å². The van der Waals surface area contributed by atoms with E-state index < -0.39 is 5.60 Å². The molecule has 0 saturated heterocycles. The minimum absolute atomic E-state index is 0.357. The third-order valence-electron chi connectivity index (χ3n) is 3.67. The number of carbonyl (C=O) groups excluding carboxylic acids is 1. The largest absolute Gasteiger partial charge is 0.390 e. The van der Waals surface area contributed by atoms with Gasteiger partial charge in [0.15, 0.2) is 0 Å². The van der Waals surface area contributed by atoms with Gasteiger partial charge in [-0.1, -0.05) is 26.7 Å². The molecule has 0 aromatic heterocycles. The van der Waals surface area contributed by atoms with Gasteiger partial charge in [0.1, 0.15) is 5.78 Å². The summed E-state index contributed by atoms with van der Waals surface area (Å²) in [6, 6.07) is 0. The van der Waals surface area contributed by atoms with Gasteiger partial charge < -0.3 is 5.11 Å². The normalized spacial score (nSPS) is 19.5. The van der Waals surface area contributed by atoms with Crippen LogP contribution in [0.2, 0.25) is 0 Å². The Morgan fingerprint density at radius 2 is 1.67 bits per heavy atom. The molecule has 0 aliphatic heterocycles. The van der Waals surface area contributed by atoms with E-state index in [1.165, 1.54) is 0 Å². The molecule has 1 aliphatic rings. The summed E-state index contributed by atoms with van der Waals surface area (Å²) in [6.45, 7) is 4.24. The number of rotatable bonds is 5. The fourth-order valence-corrected chi connectivity index (χ4v) is 2.88. The number of hydrogen-bond acceptors (Lipinski definition) is 2. The van der Waals surface area contributed by atoms with Crippen LogP contribution in [0.1, 0.15) is 65.2 Å². The van der Waals surface area contributed by atoms with Gasteiger partial charge in [0.25, 0.3) is 0 Å². The molecule has 15 heavy (non-hydrogen) atoms. The Bertz CT molecular complexity index is 195. The zero-order chi connectivity index (χ0) is 11.3. The van der Waals surface area contributed by atoms with Crippen molar-refractivity contribution < 1.29 is 9.90 Å². The molecular weight excluding hydrogens is 188 g/mol. The van der Waals surface area contributed by atoms with Crippen LogP contribution in [0.25, 0.3) is 0 Å². The summed E-state index contributed by atoms with van der Waals surface area (Å²) in [4.78, 5) is 11.2. The third-order valence-corrected chi connectivity index (χ3v) is 3.67. The van der Waals surface area contributed by atoms with Crippen molar-refractivity contribution in [1.82, 2.24) is 0 Å². The first-order valence-electron chi connectivity index (χ1n) is 6.36. The molecule has 0 radical (unpaired) electrons. The molecule has 1 aliphatic carbocycles. The van der Waals surface area contributed by atoms with Crippen molar-refractivity contribution in [3.63, 3.8) is 0 Å². The molecule has 2 heteroatoms. The van der Waals surface area contributed by atoms with E-state index in [0.717, 1.165) is 38.5 Å². The van der Waals surface area contributed by atoms with Gasteiger partial charge in [0.05, 0.1) is 5.60 Å². The maximum Gasteiger partial charge on any atom is 0.132 e. The van der Waals surface area contributed by atoms with Crippen molar-refractivity contribution in [2.75, 3.05) is 0 Å². The Morgan fingerprint density at radius 3 is 2.07 bits per heavy atom. The van der Waals surface area contributed by atoms with Crippen molar-refractivity contribution in [3.8, 4) is 0 Å². The topological polar surface area (TPSA) is 37.3 Å². The molecule has 1 N–H and O–H groups in total. The lowest BCUT2D eigenvalue weighted by Gasteiger charge is -2.38. The van der Waals surface area contributed by atoms with Crippen LogP contribution in [-0.4, -0.2) is 16.5 Å². The molecule has 1 rings (SSSR count). The van der Waals surface area contributed by atoms with Crippen molar-refractivity contribution in [2.24, 2.45) is 5.92 Å². The fraction of sp³-hybridized carbons (Fsp3) is 0.923. The van der Waals surface area contributed by atoms with Gasteiger partial charge in [0.2, 0.25) is 0 Å². The summed E-state index contributed by atoms with van der Waals surface area (Å²) in [5.74, 6) is 0.733. The average Bonchev–Trinajstić information content (AvgIpc) is 2.19. The van der Waals surface area contributed by atoms with Crippen molar-refractivity contribution >= 4 is 5.78 Å². The standard InChI is InChI=1S/C13H24O2/c1-3-9-13(15,10-4-2)11-5-7-12(14)8-6-11/h11,15H,3-10H2,1-2H3. The molecule has 0 heterocycles. The minimum Gasteiger partial charge on any atom is -0.390 e. The molecule has 0 unspecified atom stereocenters. The van der Waals surface area contributed by atoms with Gasteiger partial charge in [0, 0.05) is 12.8 Å². The molecule has 0 spiro atoms. The summed E-state index contributed by atoms with van der Waals surface area (Å²) in [5, 5.41) is 10.6. The van der Waals surface area contributed by atoms with Gasteiger partial charge in [-0.3, -0.25) is 4.79 Å². The monoisotopic (exact) mass is 212 g/mol. The van der Waals surface area contributed by atoms with E-state index in [0.29, 0.717) is 24.5 Å². The van der Waals surface area contributed by atoms with Crippen molar-refractivity contribution in [3.05, 3.63) is 0 Å². The lowest BCUT2D eigenvalue weighted by molar-refractivity contribution is -0.124. The van der Waals surface area contributed by atoms with Gasteiger partial charge in [-0.2, -0.15) is 0 Å². The van der Waals surface area contributed by atoms with Crippen LogP contribution >= 0.6 is 0 Å². The molecule has 0 bridgehead atoms. The van der Waals surface area contributed by atoms with E-state index >= 15 is 0 Å². The minimum atomic E-state index is -0.496. The smallest absolute Gasteiger partial charge is 0.132 e. The highest BCUT2D eigenvalue weighted by atomic mass is 16.3. The van der Waals surface area contributed by atoms with E-state index in [9.17, 15) is 9.90 Å². The second-order valence-electron chi connectivity index (χ2n) is 4.92. The maximum atomic E-state index is 11.2. The zero-order valence-corrected chi connectivity index (χ0v) is 10.1. The van der Waals surface area contributed by atoms with E-state index in [-0.39, 0.29) is 0 Å². The Kier molecular flexibility index (Phi) is 4.78. The van der Waals surface area contributed by atoms with Crippen LogP contribution < -0.4 is 0 Å². The van der Waals surface area contributed by atoms with E-state index in [2.05, 4.69) is 13.8 Å². The molecular formula is C13H24O2. The lowest BCUT2D eigenvalue weighted by Crippen LogP contribution is -2.40. The Balaban J connectivity index is 2.58. The van der Waals surface area contributed by atoms with Crippen LogP contribution in [0.5, 0.6) is 0 Å². The molecule has 1 fully saturated rings. The maximum absolute atomic E-state index is 11.2. The molecule has 88 valence electrons. The second-order valence-corrected chi connectivity index (χ2v) is 4.92. The summed E-state index contributed by atoms with van der Waals surface area (Å²) < 4.78 is 0. The van der Waals surface area contributed by atoms with Gasteiger partial charge in [-0.05, 0) is 31.6 Å². The summed E-state index contributed by atoms with van der Waals surface area (Å²) in [6.07, 6.45) is 6.99. The zero-order valence-electron chi connectivity index (χ0n) is 10.1. The van der Waals surface area contributed by atoms with Crippen molar-refractivity contribution in [2.45, 2.75) is 70.8 Å². The second kappa shape index (κ2) is 5.64. The van der Waals surface area contributed by atoms with Crippen LogP contribution in [-0.2, 0) is 4.79 Å². The predicted octanol–water partition coefficient (Wildman–Crippen LogP) is 3.08. The van der Waals surface area contributed by atoms with Crippen LogP contribution in [0.15, 0.2) is 0 Å². The first-order chi connectivity index (χ1) is 7.12. The molecule has 2 nitrogen and oxygen atoms in total. The number of aliphatic hydroxyl groups is 1. The van der Waals surface area contributed by atoms with Crippen molar-refractivity contribution in [1.29, 1.82) is 0 Å². The molecule has 0 atom stereocenters. The highest BCUT2D eigenvalue weighted by Gasteiger charge is 2.36. The predicted molar refractivity (Wildman–Crippen MR) is 61.7 cm³/mol. The first-order valence-corrected chi connectivity index (χ1v) is 6.36. The molecule has 0 aromatic carbocycles. The Labute approximate surface area is 93.1 Å². The summed E-state index contributed by atoms with van der Waals surface area (Å²) in [7, 11) is 0. The van der Waals surface area contributed by atoms with Crippen LogP contribution in [0.3, 0.4) is 0 Å². The van der Waals surface area contributed by atoms with Gasteiger partial charge in [-0.25, -0.2) is 0 Å².